The fraction of sp³-hybridized carbons (Fsp3) is 0.370. The van der Waals surface area contributed by atoms with E-state index in [4.69, 9.17) is 24.3 Å². The smallest absolute Gasteiger partial charge is 0.459 e. The van der Waals surface area contributed by atoms with E-state index in [-0.39, 0.29) is 11.6 Å². The maximum Gasteiger partial charge on any atom is 0.459 e. The molecule has 2 heterocycles. The lowest BCUT2D eigenvalue weighted by Crippen LogP contribution is -2.43. The van der Waals surface area contributed by atoms with E-state index in [1.54, 1.807) is 38.1 Å². The summed E-state index contributed by atoms with van der Waals surface area (Å²) in [5.41, 5.74) is 2.57. The maximum atomic E-state index is 15.6. The molecule has 0 spiro atoms. The molecular formula is C27H32FN4O8P. The molecular weight excluding hydrogens is 558 g/mol. The number of ether oxygens (including phenoxy) is 2. The number of esters is 1. The van der Waals surface area contributed by atoms with Crippen LogP contribution in [0.2, 0.25) is 0 Å². The van der Waals surface area contributed by atoms with Crippen LogP contribution in [0.3, 0.4) is 0 Å². The van der Waals surface area contributed by atoms with E-state index in [2.05, 4.69) is 16.7 Å². The van der Waals surface area contributed by atoms with Gasteiger partial charge in [0.2, 0.25) is 0 Å². The van der Waals surface area contributed by atoms with Gasteiger partial charge in [-0.25, -0.2) is 13.8 Å². The molecule has 1 aromatic heterocycles. The largest absolute Gasteiger partial charge is 0.462 e. The second kappa shape index (κ2) is 12.1. The SMILES string of the molecule is C=C[C@]1(COP(=O)(N[C@@H](C)C(=O)OC(C)C)Oc2cccc3ccccc23)O[C@@H](n2ccc(N)nc2=O)[C@H](O)[C@@H]1F. The Hall–Kier alpha value is -3.61. The van der Waals surface area contributed by atoms with Crippen molar-refractivity contribution < 1.29 is 37.4 Å². The average Bonchev–Trinajstić information content (AvgIpc) is 3.17. The van der Waals surface area contributed by atoms with Gasteiger partial charge in [-0.15, -0.1) is 6.58 Å². The fourth-order valence-corrected chi connectivity index (χ4v) is 5.82. The quantitative estimate of drug-likeness (QED) is 0.171. The van der Waals surface area contributed by atoms with Crippen LogP contribution >= 0.6 is 7.75 Å². The van der Waals surface area contributed by atoms with E-state index < -0.39 is 62.3 Å². The minimum absolute atomic E-state index is 0.0726. The molecule has 0 aliphatic carbocycles. The molecule has 0 amide bonds. The Morgan fingerprint density at radius 1 is 1.29 bits per heavy atom. The number of hydrogen-bond acceptors (Lipinski definition) is 10. The molecule has 4 N–H and O–H groups in total. The molecule has 1 aliphatic rings. The van der Waals surface area contributed by atoms with Gasteiger partial charge in [0.15, 0.2) is 12.4 Å². The Bertz CT molecular complexity index is 1530. The predicted molar refractivity (Wildman–Crippen MR) is 149 cm³/mol. The lowest BCUT2D eigenvalue weighted by atomic mass is 9.98. The first-order valence-electron chi connectivity index (χ1n) is 12.8. The van der Waals surface area contributed by atoms with Gasteiger partial charge in [-0.05, 0) is 38.3 Å². The molecule has 0 bridgehead atoms. The van der Waals surface area contributed by atoms with Gasteiger partial charge in [-0.2, -0.15) is 10.1 Å². The number of alkyl halides is 1. The van der Waals surface area contributed by atoms with E-state index in [9.17, 15) is 19.3 Å². The van der Waals surface area contributed by atoms with Crippen LogP contribution in [0.4, 0.5) is 10.2 Å². The molecule has 41 heavy (non-hydrogen) atoms. The molecule has 4 rings (SSSR count). The standard InChI is InChI=1S/C27H32FN4O8P/c1-5-27(23(28)22(33)24(39-27)32-14-13-21(29)30-26(32)35)15-37-41(36,31-17(4)25(34)38-16(2)3)40-20-12-8-10-18-9-6-7-11-19(18)20/h5-14,16-17,22-24,33H,1,15H2,2-4H3,(H,31,36)(H2,29,30,35)/t17-,22+,23-,24+,27+,41?/m0/s1. The molecule has 1 unspecified atom stereocenters. The van der Waals surface area contributed by atoms with Gasteiger partial charge in [0.25, 0.3) is 0 Å². The van der Waals surface area contributed by atoms with E-state index >= 15 is 4.39 Å². The Balaban J connectivity index is 1.64. The topological polar surface area (TPSA) is 164 Å². The van der Waals surface area contributed by atoms with Crippen LogP contribution in [0.15, 0.2) is 72.2 Å². The first-order valence-corrected chi connectivity index (χ1v) is 14.3. The number of aromatic nitrogens is 2. The average molecular weight is 591 g/mol. The summed E-state index contributed by atoms with van der Waals surface area (Å²) in [6.07, 6.45) is -3.77. The van der Waals surface area contributed by atoms with Crippen LogP contribution in [-0.2, 0) is 23.4 Å². The third-order valence-corrected chi connectivity index (χ3v) is 7.97. The molecule has 6 atom stereocenters. The van der Waals surface area contributed by atoms with Crippen molar-refractivity contribution >= 4 is 30.3 Å². The van der Waals surface area contributed by atoms with Crippen LogP contribution in [0.5, 0.6) is 5.75 Å². The fourth-order valence-electron chi connectivity index (χ4n) is 4.27. The molecule has 14 heteroatoms. The van der Waals surface area contributed by atoms with Crippen LogP contribution < -0.4 is 21.0 Å². The maximum absolute atomic E-state index is 15.6. The number of nitrogens with zero attached hydrogens (tertiary/aromatic N) is 2. The van der Waals surface area contributed by atoms with Gasteiger partial charge >= 0.3 is 19.4 Å². The summed E-state index contributed by atoms with van der Waals surface area (Å²) in [5.74, 6) is -0.635. The summed E-state index contributed by atoms with van der Waals surface area (Å²) in [7, 11) is -4.49. The molecule has 0 radical (unpaired) electrons. The number of halogens is 1. The Morgan fingerprint density at radius 2 is 2.00 bits per heavy atom. The van der Waals surface area contributed by atoms with Gasteiger partial charge in [0, 0.05) is 11.6 Å². The monoisotopic (exact) mass is 590 g/mol. The first kappa shape index (κ1) is 30.4. The summed E-state index contributed by atoms with van der Waals surface area (Å²) in [4.78, 5) is 28.5. The Kier molecular flexibility index (Phi) is 8.95. The molecule has 1 fully saturated rings. The third-order valence-electron chi connectivity index (χ3n) is 6.36. The number of benzene rings is 2. The lowest BCUT2D eigenvalue weighted by Gasteiger charge is -2.30. The van der Waals surface area contributed by atoms with E-state index in [0.29, 0.717) is 5.39 Å². The number of rotatable bonds is 11. The summed E-state index contributed by atoms with van der Waals surface area (Å²) in [5, 5.41) is 14.6. The number of fused-ring (bicyclic) bond motifs is 1. The normalized spacial score (nSPS) is 24.6. The molecule has 1 aliphatic heterocycles. The first-order chi connectivity index (χ1) is 19.4. The highest BCUT2D eigenvalue weighted by Gasteiger charge is 2.56. The van der Waals surface area contributed by atoms with Gasteiger partial charge in [-0.3, -0.25) is 13.9 Å². The number of carbonyl (C=O) groups is 1. The molecule has 2 aromatic carbocycles. The molecule has 220 valence electrons. The van der Waals surface area contributed by atoms with Crippen molar-refractivity contribution in [3.8, 4) is 5.75 Å². The van der Waals surface area contributed by atoms with Gasteiger partial charge in [0.05, 0.1) is 12.7 Å². The minimum Gasteiger partial charge on any atom is -0.462 e. The second-order valence-corrected chi connectivity index (χ2v) is 11.5. The highest BCUT2D eigenvalue weighted by atomic mass is 31.2. The van der Waals surface area contributed by atoms with Gasteiger partial charge < -0.3 is 24.8 Å². The van der Waals surface area contributed by atoms with Crippen LogP contribution in [-0.4, -0.2) is 57.3 Å². The Labute approximate surface area is 235 Å². The van der Waals surface area contributed by atoms with Crippen LogP contribution in [0.25, 0.3) is 10.8 Å². The highest BCUT2D eigenvalue weighted by Crippen LogP contribution is 2.49. The van der Waals surface area contributed by atoms with Crippen LogP contribution in [0.1, 0.15) is 27.0 Å². The van der Waals surface area contributed by atoms with Crippen LogP contribution in [0, 0.1) is 0 Å². The lowest BCUT2D eigenvalue weighted by molar-refractivity contribution is -0.149. The number of hydrogen-bond donors (Lipinski definition) is 3. The molecule has 3 aromatic rings. The number of carbonyl (C=O) groups excluding carboxylic acids is 1. The van der Waals surface area contributed by atoms with E-state index in [1.165, 1.54) is 19.2 Å². The van der Waals surface area contributed by atoms with Gasteiger partial charge in [-0.1, -0.05) is 42.5 Å². The van der Waals surface area contributed by atoms with Crippen molar-refractivity contribution in [2.75, 3.05) is 12.3 Å². The van der Waals surface area contributed by atoms with Gasteiger partial charge in [0.1, 0.15) is 29.3 Å². The molecule has 12 nitrogen and oxygen atoms in total. The number of aliphatic hydroxyl groups is 1. The number of nitrogen functional groups attached to an aromatic ring is 1. The van der Waals surface area contributed by atoms with Crippen molar-refractivity contribution in [2.45, 2.75) is 57.0 Å². The highest BCUT2D eigenvalue weighted by molar-refractivity contribution is 7.52. The van der Waals surface area contributed by atoms with E-state index in [0.717, 1.165) is 16.0 Å². The second-order valence-electron chi connectivity index (χ2n) is 9.78. The zero-order chi connectivity index (χ0) is 29.9. The third kappa shape index (κ3) is 6.50. The molecule has 1 saturated heterocycles. The predicted octanol–water partition coefficient (Wildman–Crippen LogP) is 3.26. The number of aliphatic hydroxyl groups excluding tert-OH is 1. The zero-order valence-electron chi connectivity index (χ0n) is 22.7. The molecule has 0 saturated carbocycles. The zero-order valence-corrected chi connectivity index (χ0v) is 23.6. The number of nitrogens with one attached hydrogen (secondary N) is 1. The summed E-state index contributed by atoms with van der Waals surface area (Å²) in [6, 6.07) is 12.3. The minimum atomic E-state index is -4.49. The summed E-state index contributed by atoms with van der Waals surface area (Å²) in [6.45, 7) is 7.54. The Morgan fingerprint density at radius 3 is 2.68 bits per heavy atom. The number of nitrogens with two attached hydrogens (primary N) is 1. The van der Waals surface area contributed by atoms with Crippen molar-refractivity contribution in [3.05, 3.63) is 77.9 Å². The number of anilines is 1. The van der Waals surface area contributed by atoms with Crippen molar-refractivity contribution in [3.63, 3.8) is 0 Å². The summed E-state index contributed by atoms with van der Waals surface area (Å²) >= 11 is 0. The summed E-state index contributed by atoms with van der Waals surface area (Å²) < 4.78 is 53.1. The van der Waals surface area contributed by atoms with E-state index in [1.807, 2.05) is 18.2 Å². The van der Waals surface area contributed by atoms with Crippen molar-refractivity contribution in [2.24, 2.45) is 0 Å². The van der Waals surface area contributed by atoms with Crippen molar-refractivity contribution in [1.82, 2.24) is 14.6 Å². The van der Waals surface area contributed by atoms with Crippen molar-refractivity contribution in [1.29, 1.82) is 0 Å².